The summed E-state index contributed by atoms with van der Waals surface area (Å²) in [4.78, 5) is 23.9. The number of fused-ring (bicyclic) bond motifs is 1. The molecule has 0 amide bonds. The van der Waals surface area contributed by atoms with E-state index in [0.717, 1.165) is 23.8 Å². The van der Waals surface area contributed by atoms with Crippen LogP contribution in [0.3, 0.4) is 0 Å². The lowest BCUT2D eigenvalue weighted by Gasteiger charge is -2.08. The van der Waals surface area contributed by atoms with Crippen LogP contribution in [0.15, 0.2) is 41.5 Å². The first-order valence-electron chi connectivity index (χ1n) is 7.11. The standard InChI is InChI=1S/C16H13ClN4O/c17-11-3-1-9(2-4-11)13-14-10(7-18-15(13)22)8-19-16(21-14)20-12-5-6-12/h1-4,7-8,12H,5-6H2,(H,18,22)(H,19,20,21). The zero-order valence-electron chi connectivity index (χ0n) is 11.6. The van der Waals surface area contributed by atoms with E-state index in [0.29, 0.717) is 28.1 Å². The van der Waals surface area contributed by atoms with Crippen LogP contribution in [0.25, 0.3) is 22.0 Å². The lowest BCUT2D eigenvalue weighted by molar-refractivity contribution is 1.07. The Morgan fingerprint density at radius 3 is 2.73 bits per heavy atom. The highest BCUT2D eigenvalue weighted by molar-refractivity contribution is 6.30. The Morgan fingerprint density at radius 1 is 1.23 bits per heavy atom. The van der Waals surface area contributed by atoms with Crippen LogP contribution in [0, 0.1) is 0 Å². The van der Waals surface area contributed by atoms with E-state index in [1.807, 2.05) is 12.1 Å². The minimum absolute atomic E-state index is 0.175. The summed E-state index contributed by atoms with van der Waals surface area (Å²) in [5.74, 6) is 0.566. The molecule has 1 aliphatic carbocycles. The molecule has 110 valence electrons. The molecule has 0 saturated heterocycles. The number of aromatic amines is 1. The van der Waals surface area contributed by atoms with Crippen LogP contribution < -0.4 is 10.9 Å². The number of aromatic nitrogens is 3. The Balaban J connectivity index is 1.92. The van der Waals surface area contributed by atoms with Crippen molar-refractivity contribution in [3.05, 3.63) is 52.0 Å². The van der Waals surface area contributed by atoms with E-state index < -0.39 is 0 Å². The third-order valence-corrected chi connectivity index (χ3v) is 3.94. The number of pyridine rings is 1. The van der Waals surface area contributed by atoms with Gasteiger partial charge in [0.15, 0.2) is 0 Å². The largest absolute Gasteiger partial charge is 0.351 e. The second kappa shape index (κ2) is 5.10. The van der Waals surface area contributed by atoms with Crippen LogP contribution in [0.1, 0.15) is 12.8 Å². The van der Waals surface area contributed by atoms with E-state index >= 15 is 0 Å². The molecular formula is C16H13ClN4O. The number of halogens is 1. The quantitative estimate of drug-likeness (QED) is 0.779. The third kappa shape index (κ3) is 2.44. The molecule has 5 nitrogen and oxygen atoms in total. The van der Waals surface area contributed by atoms with Gasteiger partial charge >= 0.3 is 0 Å². The Morgan fingerprint density at radius 2 is 2.00 bits per heavy atom. The average Bonchev–Trinajstić information content (AvgIpc) is 3.32. The number of rotatable bonds is 3. The fraction of sp³-hybridized carbons (Fsp3) is 0.188. The van der Waals surface area contributed by atoms with Gasteiger partial charge in [0.05, 0.1) is 11.1 Å². The first-order valence-corrected chi connectivity index (χ1v) is 7.49. The van der Waals surface area contributed by atoms with Gasteiger partial charge in [0.1, 0.15) is 0 Å². The van der Waals surface area contributed by atoms with E-state index in [1.54, 1.807) is 24.5 Å². The van der Waals surface area contributed by atoms with Crippen molar-refractivity contribution in [2.75, 3.05) is 5.32 Å². The van der Waals surface area contributed by atoms with Gasteiger partial charge in [-0.05, 0) is 30.5 Å². The molecule has 0 atom stereocenters. The van der Waals surface area contributed by atoms with Crippen molar-refractivity contribution in [1.29, 1.82) is 0 Å². The zero-order valence-corrected chi connectivity index (χ0v) is 12.4. The summed E-state index contributed by atoms with van der Waals surface area (Å²) in [7, 11) is 0. The first kappa shape index (κ1) is 13.3. The van der Waals surface area contributed by atoms with Gasteiger partial charge in [-0.25, -0.2) is 9.97 Å². The number of benzene rings is 1. The van der Waals surface area contributed by atoms with Crippen LogP contribution in [-0.4, -0.2) is 21.0 Å². The van der Waals surface area contributed by atoms with E-state index in [-0.39, 0.29) is 5.56 Å². The van der Waals surface area contributed by atoms with Crippen molar-refractivity contribution >= 4 is 28.5 Å². The molecule has 22 heavy (non-hydrogen) atoms. The van der Waals surface area contributed by atoms with E-state index in [9.17, 15) is 4.79 Å². The SMILES string of the molecule is O=c1[nH]cc2cnc(NC3CC3)nc2c1-c1ccc(Cl)cc1. The molecule has 2 N–H and O–H groups in total. The molecule has 0 bridgehead atoms. The van der Waals surface area contributed by atoms with Crippen LogP contribution in [0.2, 0.25) is 5.02 Å². The van der Waals surface area contributed by atoms with Gasteiger partial charge in [-0.1, -0.05) is 23.7 Å². The van der Waals surface area contributed by atoms with Gasteiger partial charge in [-0.3, -0.25) is 4.79 Å². The molecule has 3 aromatic rings. The summed E-state index contributed by atoms with van der Waals surface area (Å²) in [6, 6.07) is 7.63. The Bertz CT molecular complexity index is 900. The molecule has 0 aliphatic heterocycles. The number of hydrogen-bond donors (Lipinski definition) is 2. The smallest absolute Gasteiger partial charge is 0.258 e. The Hall–Kier alpha value is -2.40. The van der Waals surface area contributed by atoms with Gasteiger partial charge in [0.25, 0.3) is 5.56 Å². The molecule has 4 rings (SSSR count). The maximum atomic E-state index is 12.3. The zero-order chi connectivity index (χ0) is 15.1. The molecule has 1 aliphatic rings. The van der Waals surface area contributed by atoms with E-state index in [1.165, 1.54) is 0 Å². The monoisotopic (exact) mass is 312 g/mol. The molecule has 1 fully saturated rings. The predicted molar refractivity (Wildman–Crippen MR) is 87.2 cm³/mol. The number of H-pyrrole nitrogens is 1. The van der Waals surface area contributed by atoms with Gasteiger partial charge in [0.2, 0.25) is 5.95 Å². The van der Waals surface area contributed by atoms with Crippen LogP contribution in [0.5, 0.6) is 0 Å². The molecule has 1 aromatic carbocycles. The van der Waals surface area contributed by atoms with Crippen molar-refractivity contribution in [3.8, 4) is 11.1 Å². The molecule has 0 spiro atoms. The summed E-state index contributed by atoms with van der Waals surface area (Å²) >= 11 is 5.93. The number of hydrogen-bond acceptors (Lipinski definition) is 4. The summed E-state index contributed by atoms with van der Waals surface area (Å²) in [5.41, 5.74) is 1.79. The van der Waals surface area contributed by atoms with Crippen molar-refractivity contribution in [1.82, 2.24) is 15.0 Å². The number of nitrogens with zero attached hydrogens (tertiary/aromatic N) is 2. The molecule has 6 heteroatoms. The maximum absolute atomic E-state index is 12.3. The van der Waals surface area contributed by atoms with Crippen LogP contribution in [0.4, 0.5) is 5.95 Å². The molecule has 0 unspecified atom stereocenters. The predicted octanol–water partition coefficient (Wildman–Crippen LogP) is 3.21. The summed E-state index contributed by atoms with van der Waals surface area (Å²) in [6.45, 7) is 0. The van der Waals surface area contributed by atoms with Gasteiger partial charge < -0.3 is 10.3 Å². The second-order valence-corrected chi connectivity index (χ2v) is 5.85. The van der Waals surface area contributed by atoms with Gasteiger partial charge in [0, 0.05) is 28.8 Å². The Kier molecular flexibility index (Phi) is 3.08. The minimum Gasteiger partial charge on any atom is -0.351 e. The summed E-state index contributed by atoms with van der Waals surface area (Å²) in [5, 5.41) is 4.69. The topological polar surface area (TPSA) is 70.7 Å². The fourth-order valence-electron chi connectivity index (χ4n) is 2.38. The van der Waals surface area contributed by atoms with Crippen LogP contribution in [-0.2, 0) is 0 Å². The first-order chi connectivity index (χ1) is 10.7. The number of nitrogens with one attached hydrogen (secondary N) is 2. The molecular weight excluding hydrogens is 300 g/mol. The highest BCUT2D eigenvalue weighted by atomic mass is 35.5. The fourth-order valence-corrected chi connectivity index (χ4v) is 2.51. The molecule has 0 radical (unpaired) electrons. The molecule has 2 heterocycles. The molecule has 1 saturated carbocycles. The maximum Gasteiger partial charge on any atom is 0.258 e. The normalized spacial score (nSPS) is 14.2. The Labute approximate surface area is 131 Å². The lowest BCUT2D eigenvalue weighted by atomic mass is 10.1. The number of anilines is 1. The van der Waals surface area contributed by atoms with E-state index in [2.05, 4.69) is 20.3 Å². The van der Waals surface area contributed by atoms with Gasteiger partial charge in [-0.2, -0.15) is 0 Å². The van der Waals surface area contributed by atoms with Crippen molar-refractivity contribution in [2.45, 2.75) is 18.9 Å². The summed E-state index contributed by atoms with van der Waals surface area (Å²) < 4.78 is 0. The summed E-state index contributed by atoms with van der Waals surface area (Å²) in [6.07, 6.45) is 5.64. The highest BCUT2D eigenvalue weighted by Gasteiger charge is 2.22. The van der Waals surface area contributed by atoms with Crippen molar-refractivity contribution in [3.63, 3.8) is 0 Å². The average molecular weight is 313 g/mol. The van der Waals surface area contributed by atoms with Crippen LogP contribution >= 0.6 is 11.6 Å². The van der Waals surface area contributed by atoms with Crippen molar-refractivity contribution < 1.29 is 0 Å². The van der Waals surface area contributed by atoms with E-state index in [4.69, 9.17) is 11.6 Å². The highest BCUT2D eigenvalue weighted by Crippen LogP contribution is 2.27. The molecule has 2 aromatic heterocycles. The second-order valence-electron chi connectivity index (χ2n) is 5.42. The van der Waals surface area contributed by atoms with Crippen molar-refractivity contribution in [2.24, 2.45) is 0 Å². The lowest BCUT2D eigenvalue weighted by Crippen LogP contribution is -2.11. The minimum atomic E-state index is -0.175. The van der Waals surface area contributed by atoms with Gasteiger partial charge in [-0.15, -0.1) is 0 Å². The third-order valence-electron chi connectivity index (χ3n) is 3.68.